The van der Waals surface area contributed by atoms with E-state index in [2.05, 4.69) is 5.10 Å². The number of rotatable bonds is 4. The number of hydrogen-bond acceptors (Lipinski definition) is 4. The minimum absolute atomic E-state index is 0.279. The molecule has 0 unspecified atom stereocenters. The Balaban J connectivity index is 2.02. The molecule has 0 atom stereocenters. The molecule has 0 bridgehead atoms. The molecule has 0 spiro atoms. The van der Waals surface area contributed by atoms with Gasteiger partial charge in [0, 0.05) is 18.5 Å². The first-order chi connectivity index (χ1) is 8.06. The Morgan fingerprint density at radius 1 is 1.59 bits per heavy atom. The zero-order valence-electron chi connectivity index (χ0n) is 9.51. The Morgan fingerprint density at radius 3 is 2.88 bits per heavy atom. The fourth-order valence-electron chi connectivity index (χ4n) is 1.46. The highest BCUT2D eigenvalue weighted by Crippen LogP contribution is 2.22. The first-order valence-corrected chi connectivity index (χ1v) is 5.88. The van der Waals surface area contributed by atoms with Crippen LogP contribution in [-0.4, -0.2) is 20.9 Å². The SMILES string of the molecule is Cc1cc(COc2csc(C(=O)O)c2)n(C)n1. The molecule has 0 radical (unpaired) electrons. The van der Waals surface area contributed by atoms with Crippen molar-refractivity contribution in [1.82, 2.24) is 9.78 Å². The van der Waals surface area contributed by atoms with Crippen LogP contribution in [0.1, 0.15) is 21.1 Å². The molecule has 2 heterocycles. The number of carboxylic acids is 1. The Morgan fingerprint density at radius 2 is 2.35 bits per heavy atom. The van der Waals surface area contributed by atoms with E-state index < -0.39 is 5.97 Å². The Labute approximate surface area is 102 Å². The Hall–Kier alpha value is -1.82. The van der Waals surface area contributed by atoms with Gasteiger partial charge < -0.3 is 9.84 Å². The summed E-state index contributed by atoms with van der Waals surface area (Å²) in [5, 5.41) is 14.7. The van der Waals surface area contributed by atoms with Crippen molar-refractivity contribution >= 4 is 17.3 Å². The smallest absolute Gasteiger partial charge is 0.346 e. The van der Waals surface area contributed by atoms with E-state index in [0.717, 1.165) is 22.7 Å². The molecule has 5 nitrogen and oxygen atoms in total. The van der Waals surface area contributed by atoms with Crippen LogP contribution in [0.2, 0.25) is 0 Å². The molecule has 0 aromatic carbocycles. The molecule has 0 aliphatic rings. The quantitative estimate of drug-likeness (QED) is 0.904. The summed E-state index contributed by atoms with van der Waals surface area (Å²) >= 11 is 1.16. The number of nitrogens with zero attached hydrogens (tertiary/aromatic N) is 2. The van der Waals surface area contributed by atoms with Gasteiger partial charge in [0.1, 0.15) is 17.2 Å². The highest BCUT2D eigenvalue weighted by Gasteiger charge is 2.08. The summed E-state index contributed by atoms with van der Waals surface area (Å²) in [5.74, 6) is -0.354. The lowest BCUT2D eigenvalue weighted by Gasteiger charge is -2.03. The van der Waals surface area contributed by atoms with Gasteiger partial charge in [0.2, 0.25) is 0 Å². The summed E-state index contributed by atoms with van der Waals surface area (Å²) in [4.78, 5) is 11.0. The Kier molecular flexibility index (Phi) is 3.14. The highest BCUT2D eigenvalue weighted by molar-refractivity contribution is 7.12. The maximum absolute atomic E-state index is 10.7. The van der Waals surface area contributed by atoms with Crippen molar-refractivity contribution < 1.29 is 14.6 Å². The van der Waals surface area contributed by atoms with Gasteiger partial charge in [0.25, 0.3) is 0 Å². The average molecular weight is 252 g/mol. The number of ether oxygens (including phenoxy) is 1. The second kappa shape index (κ2) is 4.58. The number of aromatic carboxylic acids is 1. The van der Waals surface area contributed by atoms with Crippen LogP contribution < -0.4 is 4.74 Å². The predicted molar refractivity (Wildman–Crippen MR) is 63.6 cm³/mol. The zero-order chi connectivity index (χ0) is 12.4. The van der Waals surface area contributed by atoms with Crippen LogP contribution in [-0.2, 0) is 13.7 Å². The monoisotopic (exact) mass is 252 g/mol. The molecule has 0 aliphatic heterocycles. The Bertz CT molecular complexity index is 545. The molecule has 2 aromatic rings. The maximum Gasteiger partial charge on any atom is 0.346 e. The molecule has 0 amide bonds. The standard InChI is InChI=1S/C11H12N2O3S/c1-7-3-8(13(2)12-7)5-16-9-4-10(11(14)15)17-6-9/h3-4,6H,5H2,1-2H3,(H,14,15). The zero-order valence-corrected chi connectivity index (χ0v) is 10.3. The molecule has 6 heteroatoms. The van der Waals surface area contributed by atoms with E-state index in [9.17, 15) is 4.79 Å². The van der Waals surface area contributed by atoms with Crippen LogP contribution in [0, 0.1) is 6.92 Å². The second-order valence-corrected chi connectivity index (χ2v) is 4.55. The van der Waals surface area contributed by atoms with E-state index in [-0.39, 0.29) is 4.88 Å². The summed E-state index contributed by atoms with van der Waals surface area (Å²) in [5.41, 5.74) is 1.88. The van der Waals surface area contributed by atoms with Gasteiger partial charge in [0.15, 0.2) is 0 Å². The molecule has 0 aliphatic carbocycles. The van der Waals surface area contributed by atoms with Crippen LogP contribution in [0.5, 0.6) is 5.75 Å². The minimum Gasteiger partial charge on any atom is -0.486 e. The van der Waals surface area contributed by atoms with E-state index in [0.29, 0.717) is 12.4 Å². The topological polar surface area (TPSA) is 64.3 Å². The van der Waals surface area contributed by atoms with Gasteiger partial charge in [-0.1, -0.05) is 0 Å². The minimum atomic E-state index is -0.929. The molecule has 90 valence electrons. The van der Waals surface area contributed by atoms with Crippen LogP contribution in [0.25, 0.3) is 0 Å². The lowest BCUT2D eigenvalue weighted by molar-refractivity contribution is 0.0702. The molecule has 0 fully saturated rings. The summed E-state index contributed by atoms with van der Waals surface area (Å²) in [6.45, 7) is 2.30. The second-order valence-electron chi connectivity index (χ2n) is 3.64. The van der Waals surface area contributed by atoms with Crippen LogP contribution >= 0.6 is 11.3 Å². The van der Waals surface area contributed by atoms with Crippen molar-refractivity contribution in [3.05, 3.63) is 33.8 Å². The van der Waals surface area contributed by atoms with Gasteiger partial charge in [-0.05, 0) is 13.0 Å². The van der Waals surface area contributed by atoms with Crippen molar-refractivity contribution in [3.8, 4) is 5.75 Å². The fourth-order valence-corrected chi connectivity index (χ4v) is 2.13. The van der Waals surface area contributed by atoms with Gasteiger partial charge >= 0.3 is 5.97 Å². The fraction of sp³-hybridized carbons (Fsp3) is 0.273. The van der Waals surface area contributed by atoms with E-state index >= 15 is 0 Å². The first-order valence-electron chi connectivity index (χ1n) is 5.00. The van der Waals surface area contributed by atoms with E-state index in [1.807, 2.05) is 20.0 Å². The van der Waals surface area contributed by atoms with Crippen molar-refractivity contribution in [3.63, 3.8) is 0 Å². The molecule has 1 N–H and O–H groups in total. The van der Waals surface area contributed by atoms with Gasteiger partial charge in [-0.2, -0.15) is 5.10 Å². The molecule has 2 aromatic heterocycles. The first kappa shape index (κ1) is 11.7. The molecular formula is C11H12N2O3S. The third-order valence-corrected chi connectivity index (χ3v) is 3.17. The van der Waals surface area contributed by atoms with Crippen LogP contribution in [0.4, 0.5) is 0 Å². The molecule has 0 saturated carbocycles. The number of aryl methyl sites for hydroxylation is 2. The highest BCUT2D eigenvalue weighted by atomic mass is 32.1. The normalized spacial score (nSPS) is 10.5. The number of aromatic nitrogens is 2. The van der Waals surface area contributed by atoms with Crippen molar-refractivity contribution in [1.29, 1.82) is 0 Å². The van der Waals surface area contributed by atoms with Gasteiger partial charge in [-0.15, -0.1) is 11.3 Å². The summed E-state index contributed by atoms with van der Waals surface area (Å²) in [6, 6.07) is 3.46. The molecule has 2 rings (SSSR count). The van der Waals surface area contributed by atoms with E-state index in [1.54, 1.807) is 10.1 Å². The van der Waals surface area contributed by atoms with Gasteiger partial charge in [-0.3, -0.25) is 4.68 Å². The number of thiophene rings is 1. The summed E-state index contributed by atoms with van der Waals surface area (Å²) < 4.78 is 7.25. The van der Waals surface area contributed by atoms with Crippen LogP contribution in [0.15, 0.2) is 17.5 Å². The number of hydrogen-bond donors (Lipinski definition) is 1. The summed E-state index contributed by atoms with van der Waals surface area (Å²) in [6.07, 6.45) is 0. The lowest BCUT2D eigenvalue weighted by Crippen LogP contribution is -2.02. The van der Waals surface area contributed by atoms with Crippen molar-refractivity contribution in [2.75, 3.05) is 0 Å². The van der Waals surface area contributed by atoms with E-state index in [1.165, 1.54) is 6.07 Å². The molecule has 0 saturated heterocycles. The third kappa shape index (κ3) is 2.65. The predicted octanol–water partition coefficient (Wildman–Crippen LogP) is 2.07. The van der Waals surface area contributed by atoms with Gasteiger partial charge in [0.05, 0.1) is 11.4 Å². The lowest BCUT2D eigenvalue weighted by atomic mass is 10.4. The van der Waals surface area contributed by atoms with E-state index in [4.69, 9.17) is 9.84 Å². The van der Waals surface area contributed by atoms with Crippen molar-refractivity contribution in [2.45, 2.75) is 13.5 Å². The number of carbonyl (C=O) groups is 1. The molecule has 17 heavy (non-hydrogen) atoms. The number of carboxylic acid groups (broad SMARTS) is 1. The van der Waals surface area contributed by atoms with Crippen LogP contribution in [0.3, 0.4) is 0 Å². The summed E-state index contributed by atoms with van der Waals surface area (Å²) in [7, 11) is 1.85. The van der Waals surface area contributed by atoms with Gasteiger partial charge in [-0.25, -0.2) is 4.79 Å². The van der Waals surface area contributed by atoms with Crippen molar-refractivity contribution in [2.24, 2.45) is 7.05 Å². The molecular weight excluding hydrogens is 240 g/mol. The third-order valence-electron chi connectivity index (χ3n) is 2.27. The average Bonchev–Trinajstić information content (AvgIpc) is 2.82. The maximum atomic E-state index is 10.7. The largest absolute Gasteiger partial charge is 0.486 e.